The molecule has 1 unspecified atom stereocenters. The molecule has 18 heavy (non-hydrogen) atoms. The van der Waals surface area contributed by atoms with Crippen LogP contribution in [0, 0.1) is 11.8 Å². The maximum absolute atomic E-state index is 11.9. The molecular formula is C14H21NO3. The number of amides is 1. The van der Waals surface area contributed by atoms with Crippen LogP contribution in [0.2, 0.25) is 0 Å². The number of phenols is 1. The molecule has 4 heteroatoms. The second kappa shape index (κ2) is 6.28. The third-order valence-electron chi connectivity index (χ3n) is 3.17. The molecule has 0 aliphatic heterocycles. The van der Waals surface area contributed by atoms with Gasteiger partial charge in [-0.25, -0.2) is 0 Å². The average Bonchev–Trinajstić information content (AvgIpc) is 2.34. The third kappa shape index (κ3) is 3.65. The Hall–Kier alpha value is -1.71. The second-order valence-electron chi connectivity index (χ2n) is 4.81. The zero-order chi connectivity index (χ0) is 13.7. The van der Waals surface area contributed by atoms with E-state index < -0.39 is 0 Å². The maximum Gasteiger partial charge on any atom is 0.255 e. The van der Waals surface area contributed by atoms with Gasteiger partial charge >= 0.3 is 0 Å². The molecule has 0 bridgehead atoms. The van der Waals surface area contributed by atoms with Crippen LogP contribution in [0.5, 0.6) is 11.5 Å². The zero-order valence-corrected chi connectivity index (χ0v) is 11.4. The van der Waals surface area contributed by atoms with Gasteiger partial charge in [-0.2, -0.15) is 0 Å². The van der Waals surface area contributed by atoms with Crippen molar-refractivity contribution < 1.29 is 14.6 Å². The van der Waals surface area contributed by atoms with Crippen molar-refractivity contribution in [2.45, 2.75) is 20.8 Å². The fourth-order valence-corrected chi connectivity index (χ4v) is 1.42. The van der Waals surface area contributed by atoms with Gasteiger partial charge in [0.15, 0.2) is 0 Å². The highest BCUT2D eigenvalue weighted by Gasteiger charge is 2.14. The minimum absolute atomic E-state index is 0.0657. The smallest absolute Gasteiger partial charge is 0.255 e. The van der Waals surface area contributed by atoms with Gasteiger partial charge in [0.2, 0.25) is 0 Å². The largest absolute Gasteiger partial charge is 0.507 e. The molecule has 0 aromatic heterocycles. The molecule has 0 spiro atoms. The van der Waals surface area contributed by atoms with Crippen molar-refractivity contribution >= 4 is 5.91 Å². The lowest BCUT2D eigenvalue weighted by atomic mass is 9.98. The molecular weight excluding hydrogens is 230 g/mol. The quantitative estimate of drug-likeness (QED) is 0.845. The molecule has 100 valence electrons. The van der Waals surface area contributed by atoms with Gasteiger partial charge in [0.1, 0.15) is 11.5 Å². The molecule has 0 saturated heterocycles. The van der Waals surface area contributed by atoms with E-state index in [0.29, 0.717) is 24.1 Å². The first kappa shape index (κ1) is 14.4. The van der Waals surface area contributed by atoms with Crippen LogP contribution in [0.25, 0.3) is 0 Å². The first-order chi connectivity index (χ1) is 8.45. The minimum atomic E-state index is -0.261. The topological polar surface area (TPSA) is 58.6 Å². The molecule has 1 amide bonds. The summed E-state index contributed by atoms with van der Waals surface area (Å²) in [6, 6.07) is 4.64. The average molecular weight is 251 g/mol. The summed E-state index contributed by atoms with van der Waals surface area (Å²) in [6.45, 7) is 6.91. The molecule has 1 aromatic rings. The molecule has 2 N–H and O–H groups in total. The number of aromatic hydroxyl groups is 1. The summed E-state index contributed by atoms with van der Waals surface area (Å²) in [7, 11) is 1.51. The minimum Gasteiger partial charge on any atom is -0.507 e. The van der Waals surface area contributed by atoms with Crippen molar-refractivity contribution in [3.8, 4) is 11.5 Å². The third-order valence-corrected chi connectivity index (χ3v) is 3.17. The van der Waals surface area contributed by atoms with Crippen LogP contribution in [0.4, 0.5) is 0 Å². The Morgan fingerprint density at radius 2 is 2.06 bits per heavy atom. The van der Waals surface area contributed by atoms with Gasteiger partial charge in [-0.3, -0.25) is 4.79 Å². The van der Waals surface area contributed by atoms with Crippen molar-refractivity contribution in [3.63, 3.8) is 0 Å². The van der Waals surface area contributed by atoms with Crippen LogP contribution in [0.15, 0.2) is 18.2 Å². The molecule has 0 heterocycles. The summed E-state index contributed by atoms with van der Waals surface area (Å²) < 4.78 is 4.97. The van der Waals surface area contributed by atoms with Crippen LogP contribution in [-0.4, -0.2) is 24.7 Å². The predicted octanol–water partition coefficient (Wildman–Crippen LogP) is 2.42. The highest BCUT2D eigenvalue weighted by Crippen LogP contribution is 2.23. The summed E-state index contributed by atoms with van der Waals surface area (Å²) >= 11 is 0. The lowest BCUT2D eigenvalue weighted by Crippen LogP contribution is -2.30. The fourth-order valence-electron chi connectivity index (χ4n) is 1.42. The van der Waals surface area contributed by atoms with E-state index in [2.05, 4.69) is 26.1 Å². The van der Waals surface area contributed by atoms with Gasteiger partial charge in [0.05, 0.1) is 12.7 Å². The van der Waals surface area contributed by atoms with E-state index >= 15 is 0 Å². The van der Waals surface area contributed by atoms with E-state index in [1.807, 2.05) is 0 Å². The SMILES string of the molecule is COc1ccc(C(=O)NCC(C)C(C)C)c(O)c1. The number of hydrogen-bond acceptors (Lipinski definition) is 3. The summed E-state index contributed by atoms with van der Waals surface area (Å²) in [5.74, 6) is 1.11. The Bertz CT molecular complexity index is 416. The molecule has 0 fully saturated rings. The van der Waals surface area contributed by atoms with Gasteiger partial charge < -0.3 is 15.2 Å². The molecule has 1 atom stereocenters. The first-order valence-corrected chi connectivity index (χ1v) is 6.11. The number of rotatable bonds is 5. The Labute approximate surface area is 108 Å². The van der Waals surface area contributed by atoms with Crippen LogP contribution in [0.3, 0.4) is 0 Å². The Kier molecular flexibility index (Phi) is 5.01. The fraction of sp³-hybridized carbons (Fsp3) is 0.500. The first-order valence-electron chi connectivity index (χ1n) is 6.11. The lowest BCUT2D eigenvalue weighted by Gasteiger charge is -2.16. The molecule has 0 aliphatic carbocycles. The van der Waals surface area contributed by atoms with Crippen molar-refractivity contribution in [1.29, 1.82) is 0 Å². The number of carbonyl (C=O) groups excluding carboxylic acids is 1. The number of benzene rings is 1. The molecule has 1 aromatic carbocycles. The summed E-state index contributed by atoms with van der Waals surface area (Å²) in [5.41, 5.74) is 0.270. The number of phenolic OH excluding ortho intramolecular Hbond substituents is 1. The van der Waals surface area contributed by atoms with Crippen molar-refractivity contribution in [3.05, 3.63) is 23.8 Å². The zero-order valence-electron chi connectivity index (χ0n) is 11.4. The van der Waals surface area contributed by atoms with Gasteiger partial charge in [-0.05, 0) is 24.0 Å². The van der Waals surface area contributed by atoms with Gasteiger partial charge in [-0.1, -0.05) is 20.8 Å². The lowest BCUT2D eigenvalue weighted by molar-refractivity contribution is 0.0942. The highest BCUT2D eigenvalue weighted by molar-refractivity contribution is 5.96. The second-order valence-corrected chi connectivity index (χ2v) is 4.81. The van der Waals surface area contributed by atoms with Crippen LogP contribution < -0.4 is 10.1 Å². The molecule has 0 radical (unpaired) electrons. The molecule has 4 nitrogen and oxygen atoms in total. The van der Waals surface area contributed by atoms with Crippen LogP contribution in [0.1, 0.15) is 31.1 Å². The number of ether oxygens (including phenoxy) is 1. The number of methoxy groups -OCH3 is 1. The van der Waals surface area contributed by atoms with Crippen molar-refractivity contribution in [1.82, 2.24) is 5.32 Å². The van der Waals surface area contributed by atoms with E-state index in [9.17, 15) is 9.90 Å². The van der Waals surface area contributed by atoms with Gasteiger partial charge in [0, 0.05) is 12.6 Å². The molecule has 0 saturated carbocycles. The van der Waals surface area contributed by atoms with Gasteiger partial charge in [0.25, 0.3) is 5.91 Å². The number of nitrogens with one attached hydrogen (secondary N) is 1. The maximum atomic E-state index is 11.9. The number of hydrogen-bond donors (Lipinski definition) is 2. The van der Waals surface area contributed by atoms with E-state index in [4.69, 9.17) is 4.74 Å². The Morgan fingerprint density at radius 3 is 2.56 bits per heavy atom. The normalized spacial score (nSPS) is 12.3. The van der Waals surface area contributed by atoms with Crippen molar-refractivity contribution in [2.75, 3.05) is 13.7 Å². The van der Waals surface area contributed by atoms with E-state index in [1.54, 1.807) is 12.1 Å². The molecule has 1 rings (SSSR count). The van der Waals surface area contributed by atoms with E-state index in [0.717, 1.165) is 0 Å². The van der Waals surface area contributed by atoms with Crippen LogP contribution >= 0.6 is 0 Å². The summed E-state index contributed by atoms with van der Waals surface area (Å²) in [5, 5.41) is 12.5. The Balaban J connectivity index is 2.67. The predicted molar refractivity (Wildman–Crippen MR) is 71.0 cm³/mol. The number of carbonyl (C=O) groups is 1. The monoisotopic (exact) mass is 251 g/mol. The Morgan fingerprint density at radius 1 is 1.39 bits per heavy atom. The summed E-state index contributed by atoms with van der Waals surface area (Å²) in [4.78, 5) is 11.9. The van der Waals surface area contributed by atoms with Crippen molar-refractivity contribution in [2.24, 2.45) is 11.8 Å². The van der Waals surface area contributed by atoms with Crippen LogP contribution in [-0.2, 0) is 0 Å². The molecule has 0 aliphatic rings. The standard InChI is InChI=1S/C14H21NO3/c1-9(2)10(3)8-15-14(17)12-6-5-11(18-4)7-13(12)16/h5-7,9-10,16H,8H2,1-4H3,(H,15,17). The van der Waals surface area contributed by atoms with E-state index in [1.165, 1.54) is 13.2 Å². The highest BCUT2D eigenvalue weighted by atomic mass is 16.5. The van der Waals surface area contributed by atoms with E-state index in [-0.39, 0.29) is 17.2 Å². The van der Waals surface area contributed by atoms with Gasteiger partial charge in [-0.15, -0.1) is 0 Å². The summed E-state index contributed by atoms with van der Waals surface area (Å²) in [6.07, 6.45) is 0.